The first-order valence-electron chi connectivity index (χ1n) is 6.68. The molecule has 0 saturated carbocycles. The number of aliphatic carboxylic acids is 1. The number of halogens is 1. The Balaban J connectivity index is 2.57. The number of rotatable bonds is 7. The van der Waals surface area contributed by atoms with Gasteiger partial charge in [-0.2, -0.15) is 0 Å². The molecule has 1 aromatic rings. The zero-order chi connectivity index (χ0) is 15.3. The number of carbonyl (C=O) groups is 2. The van der Waals surface area contributed by atoms with Crippen LogP contribution in [-0.4, -0.2) is 28.1 Å². The normalized spacial score (nSPS) is 12.4. The molecule has 0 aliphatic carbocycles. The van der Waals surface area contributed by atoms with E-state index in [4.69, 9.17) is 5.11 Å². The lowest BCUT2D eigenvalue weighted by molar-refractivity contribution is -0.137. The Hall–Kier alpha value is -1.30. The number of nitrogens with zero attached hydrogens (tertiary/aromatic N) is 1. The average Bonchev–Trinajstić information content (AvgIpc) is 2.75. The van der Waals surface area contributed by atoms with Crippen LogP contribution in [0.5, 0.6) is 0 Å². The van der Waals surface area contributed by atoms with Crippen molar-refractivity contribution in [1.29, 1.82) is 0 Å². The van der Waals surface area contributed by atoms with Crippen LogP contribution in [0.2, 0.25) is 0 Å². The molecule has 1 aromatic heterocycles. The number of hydrogen-bond donors (Lipinski definition) is 2. The quantitative estimate of drug-likeness (QED) is 0.798. The first-order chi connectivity index (χ1) is 9.31. The highest BCUT2D eigenvalue weighted by Gasteiger charge is 2.15. The van der Waals surface area contributed by atoms with Gasteiger partial charge in [-0.15, -0.1) is 0 Å². The van der Waals surface area contributed by atoms with Crippen molar-refractivity contribution in [3.05, 3.63) is 22.4 Å². The van der Waals surface area contributed by atoms with Gasteiger partial charge in [0.15, 0.2) is 0 Å². The molecule has 112 valence electrons. The lowest BCUT2D eigenvalue weighted by Crippen LogP contribution is -2.30. The van der Waals surface area contributed by atoms with Crippen LogP contribution in [-0.2, 0) is 4.79 Å². The minimum Gasteiger partial charge on any atom is -0.481 e. The third-order valence-electron chi connectivity index (χ3n) is 3.07. The van der Waals surface area contributed by atoms with Crippen molar-refractivity contribution in [2.24, 2.45) is 5.92 Å². The second-order valence-corrected chi connectivity index (χ2v) is 6.21. The molecule has 0 radical (unpaired) electrons. The molecule has 1 unspecified atom stereocenters. The molecule has 1 heterocycles. The van der Waals surface area contributed by atoms with Gasteiger partial charge < -0.3 is 15.0 Å². The molecule has 1 atom stereocenters. The largest absolute Gasteiger partial charge is 0.481 e. The fourth-order valence-corrected chi connectivity index (χ4v) is 2.32. The van der Waals surface area contributed by atoms with Crippen molar-refractivity contribution in [2.75, 3.05) is 6.54 Å². The van der Waals surface area contributed by atoms with Crippen LogP contribution >= 0.6 is 15.9 Å². The molecule has 1 amide bonds. The summed E-state index contributed by atoms with van der Waals surface area (Å²) in [5.74, 6) is -0.798. The van der Waals surface area contributed by atoms with E-state index in [1.165, 1.54) is 0 Å². The van der Waals surface area contributed by atoms with Crippen LogP contribution in [0.3, 0.4) is 0 Å². The smallest absolute Gasteiger partial charge is 0.303 e. The molecule has 0 aliphatic heterocycles. The molecule has 0 spiro atoms. The van der Waals surface area contributed by atoms with Crippen molar-refractivity contribution in [1.82, 2.24) is 9.88 Å². The van der Waals surface area contributed by atoms with Gasteiger partial charge in [0.05, 0.1) is 0 Å². The average molecular weight is 345 g/mol. The maximum absolute atomic E-state index is 12.2. The molecular weight excluding hydrogens is 324 g/mol. The summed E-state index contributed by atoms with van der Waals surface area (Å²) in [7, 11) is 0. The summed E-state index contributed by atoms with van der Waals surface area (Å²) in [5.41, 5.74) is 0.609. The van der Waals surface area contributed by atoms with E-state index in [2.05, 4.69) is 21.2 Å². The second-order valence-electron chi connectivity index (χ2n) is 5.29. The molecule has 0 fully saturated rings. The van der Waals surface area contributed by atoms with Crippen LogP contribution in [0.15, 0.2) is 16.7 Å². The fourth-order valence-electron chi connectivity index (χ4n) is 1.88. The SMILES string of the molecule is CC(CCC(=O)O)CNC(=O)c1cc(Br)cn1C(C)C. The summed E-state index contributed by atoms with van der Waals surface area (Å²) in [6.45, 7) is 6.44. The van der Waals surface area contributed by atoms with Gasteiger partial charge in [-0.25, -0.2) is 0 Å². The van der Waals surface area contributed by atoms with Crippen LogP contribution < -0.4 is 5.32 Å². The van der Waals surface area contributed by atoms with Crippen LogP contribution in [0, 0.1) is 5.92 Å². The summed E-state index contributed by atoms with van der Waals surface area (Å²) >= 11 is 3.37. The monoisotopic (exact) mass is 344 g/mol. The van der Waals surface area contributed by atoms with Gasteiger partial charge in [-0.3, -0.25) is 9.59 Å². The van der Waals surface area contributed by atoms with Crippen LogP contribution in [0.25, 0.3) is 0 Å². The molecule has 0 saturated heterocycles. The number of aromatic nitrogens is 1. The highest BCUT2D eigenvalue weighted by molar-refractivity contribution is 9.10. The van der Waals surface area contributed by atoms with Gasteiger partial charge in [0, 0.05) is 29.7 Å². The van der Waals surface area contributed by atoms with E-state index in [1.54, 1.807) is 6.07 Å². The topological polar surface area (TPSA) is 71.3 Å². The lowest BCUT2D eigenvalue weighted by Gasteiger charge is -2.15. The van der Waals surface area contributed by atoms with Crippen molar-refractivity contribution >= 4 is 27.8 Å². The van der Waals surface area contributed by atoms with E-state index < -0.39 is 5.97 Å². The highest BCUT2D eigenvalue weighted by Crippen LogP contribution is 2.19. The molecule has 5 nitrogen and oxygen atoms in total. The first kappa shape index (κ1) is 16.8. The number of carbonyl (C=O) groups excluding carboxylic acids is 1. The maximum atomic E-state index is 12.2. The Bertz CT molecular complexity index is 483. The van der Waals surface area contributed by atoms with E-state index in [9.17, 15) is 9.59 Å². The highest BCUT2D eigenvalue weighted by atomic mass is 79.9. The van der Waals surface area contributed by atoms with E-state index in [0.717, 1.165) is 4.47 Å². The van der Waals surface area contributed by atoms with Crippen molar-refractivity contribution in [3.8, 4) is 0 Å². The van der Waals surface area contributed by atoms with Crippen LogP contribution in [0.1, 0.15) is 50.1 Å². The molecule has 1 rings (SSSR count). The number of amides is 1. The van der Waals surface area contributed by atoms with Gasteiger partial charge >= 0.3 is 5.97 Å². The van der Waals surface area contributed by atoms with Gasteiger partial charge in [0.1, 0.15) is 5.69 Å². The summed E-state index contributed by atoms with van der Waals surface area (Å²) < 4.78 is 2.77. The first-order valence-corrected chi connectivity index (χ1v) is 7.48. The second kappa shape index (κ2) is 7.47. The predicted molar refractivity (Wildman–Crippen MR) is 80.9 cm³/mol. The number of carboxylic acids is 1. The zero-order valence-electron chi connectivity index (χ0n) is 12.0. The molecule has 20 heavy (non-hydrogen) atoms. The summed E-state index contributed by atoms with van der Waals surface area (Å²) in [4.78, 5) is 22.6. The molecular formula is C14H21BrN2O3. The van der Waals surface area contributed by atoms with Crippen molar-refractivity contribution in [3.63, 3.8) is 0 Å². The fraction of sp³-hybridized carbons (Fsp3) is 0.571. The zero-order valence-corrected chi connectivity index (χ0v) is 13.6. The Morgan fingerprint density at radius 3 is 2.60 bits per heavy atom. The van der Waals surface area contributed by atoms with Crippen molar-refractivity contribution < 1.29 is 14.7 Å². The Morgan fingerprint density at radius 1 is 1.40 bits per heavy atom. The summed E-state index contributed by atoms with van der Waals surface area (Å²) in [6.07, 6.45) is 2.57. The number of carboxylic acid groups (broad SMARTS) is 1. The van der Waals surface area contributed by atoms with Gasteiger partial charge in [0.2, 0.25) is 0 Å². The third kappa shape index (κ3) is 5.00. The standard InChI is InChI=1S/C14H21BrN2O3/c1-9(2)17-8-11(15)6-12(17)14(20)16-7-10(3)4-5-13(18)19/h6,8-10H,4-5,7H2,1-3H3,(H,16,20)(H,18,19). The molecule has 0 bridgehead atoms. The maximum Gasteiger partial charge on any atom is 0.303 e. The molecule has 0 aromatic carbocycles. The Kier molecular flexibility index (Phi) is 6.26. The minimum atomic E-state index is -0.805. The number of hydrogen-bond acceptors (Lipinski definition) is 2. The lowest BCUT2D eigenvalue weighted by atomic mass is 10.1. The third-order valence-corrected chi connectivity index (χ3v) is 3.50. The van der Waals surface area contributed by atoms with Crippen LogP contribution in [0.4, 0.5) is 0 Å². The molecule has 0 aliphatic rings. The summed E-state index contributed by atoms with van der Waals surface area (Å²) in [6, 6.07) is 1.99. The van der Waals surface area contributed by atoms with Crippen molar-refractivity contribution in [2.45, 2.75) is 39.7 Å². The van der Waals surface area contributed by atoms with E-state index in [-0.39, 0.29) is 24.3 Å². The Labute approximate surface area is 127 Å². The van der Waals surface area contributed by atoms with Gasteiger partial charge in [0.25, 0.3) is 5.91 Å². The van der Waals surface area contributed by atoms with Gasteiger partial charge in [-0.05, 0) is 48.2 Å². The van der Waals surface area contributed by atoms with E-state index >= 15 is 0 Å². The molecule has 6 heteroatoms. The molecule has 2 N–H and O–H groups in total. The minimum absolute atomic E-state index is 0.130. The van der Waals surface area contributed by atoms with E-state index in [0.29, 0.717) is 18.7 Å². The van der Waals surface area contributed by atoms with Gasteiger partial charge in [-0.1, -0.05) is 6.92 Å². The van der Waals surface area contributed by atoms with E-state index in [1.807, 2.05) is 31.5 Å². The Morgan fingerprint density at radius 2 is 2.05 bits per heavy atom. The predicted octanol–water partition coefficient (Wildman–Crippen LogP) is 3.06. The number of nitrogens with one attached hydrogen (secondary N) is 1. The summed E-state index contributed by atoms with van der Waals surface area (Å²) in [5, 5.41) is 11.5.